The van der Waals surface area contributed by atoms with Gasteiger partial charge in [-0.3, -0.25) is 0 Å². The van der Waals surface area contributed by atoms with Crippen molar-refractivity contribution >= 4 is 47.1 Å². The van der Waals surface area contributed by atoms with Crippen LogP contribution in [0.4, 0.5) is 5.69 Å². The molecule has 1 spiro atoms. The summed E-state index contributed by atoms with van der Waals surface area (Å²) in [6, 6.07) is 12.5. The third kappa shape index (κ3) is 2.52. The largest absolute Gasteiger partial charge is 0.509 e. The van der Waals surface area contributed by atoms with Crippen molar-refractivity contribution in [3.05, 3.63) is 101 Å². The number of nitrogen functional groups attached to an aromatic ring is 1. The molecular formula is C24H17N3O5S2. The number of fused-ring (bicyclic) bond motifs is 2. The fourth-order valence-corrected chi connectivity index (χ4v) is 7.05. The van der Waals surface area contributed by atoms with Gasteiger partial charge in [-0.05, 0) is 46.2 Å². The second-order valence-electron chi connectivity index (χ2n) is 8.36. The van der Waals surface area contributed by atoms with E-state index in [0.717, 1.165) is 0 Å². The Morgan fingerprint density at radius 3 is 1.82 bits per heavy atom. The highest BCUT2D eigenvalue weighted by Crippen LogP contribution is 2.59. The highest BCUT2D eigenvalue weighted by atomic mass is 32.2. The van der Waals surface area contributed by atoms with Crippen molar-refractivity contribution in [2.24, 2.45) is 15.0 Å². The number of allylic oxidation sites excluding steroid dienone is 5. The maximum Gasteiger partial charge on any atom is 0.282 e. The smallest absolute Gasteiger partial charge is 0.282 e. The molecule has 170 valence electrons. The molecule has 3 aliphatic rings. The number of hydrogen-bond acceptors (Lipinski definition) is 6. The second-order valence-corrected chi connectivity index (χ2v) is 11.5. The topological polar surface area (TPSA) is 153 Å². The number of primary sulfonamides is 1. The number of nitrogens with two attached hydrogens (primary N) is 2. The summed E-state index contributed by atoms with van der Waals surface area (Å²) >= 11 is 0. The van der Waals surface area contributed by atoms with Crippen molar-refractivity contribution in [3.8, 4) is 0 Å². The molecule has 34 heavy (non-hydrogen) atoms. The lowest BCUT2D eigenvalue weighted by atomic mass is 9.67. The summed E-state index contributed by atoms with van der Waals surface area (Å²) in [6.07, 6.45) is 6.81. The monoisotopic (exact) mass is 491 g/mol. The number of nitrogens with zero attached hydrogens (tertiary/aromatic N) is 1. The lowest BCUT2D eigenvalue weighted by Gasteiger charge is -2.38. The van der Waals surface area contributed by atoms with E-state index in [1.54, 1.807) is 48.6 Å². The molecule has 0 saturated carbocycles. The van der Waals surface area contributed by atoms with Gasteiger partial charge in [0.1, 0.15) is 16.1 Å². The number of anilines is 1. The van der Waals surface area contributed by atoms with Crippen LogP contribution in [0.15, 0.2) is 99.0 Å². The quantitative estimate of drug-likeness (QED) is 0.479. The molecule has 8 nitrogen and oxygen atoms in total. The zero-order valence-corrected chi connectivity index (χ0v) is 19.1. The SMILES string of the molecule is Nc1ccc(S(=O)(=O)/N=C2\c3c(c4ccc3cc4)C(S(N)(=O)=O)=C(O)C23C2=CC=C3C=C2)cc1. The fraction of sp³-hybridized carbons (Fsp3) is 0.0417. The van der Waals surface area contributed by atoms with Gasteiger partial charge in [0.25, 0.3) is 10.0 Å². The van der Waals surface area contributed by atoms with Crippen LogP contribution in [0.1, 0.15) is 11.1 Å². The maximum atomic E-state index is 13.4. The van der Waals surface area contributed by atoms with Gasteiger partial charge in [0, 0.05) is 16.8 Å². The van der Waals surface area contributed by atoms with E-state index in [1.807, 2.05) is 0 Å². The summed E-state index contributed by atoms with van der Waals surface area (Å²) in [5.41, 5.74) is 5.96. The van der Waals surface area contributed by atoms with Gasteiger partial charge in [0.15, 0.2) is 0 Å². The minimum atomic E-state index is -4.41. The normalized spacial score (nSPS) is 19.9. The molecule has 10 heteroatoms. The molecule has 0 fully saturated rings. The van der Waals surface area contributed by atoms with Crippen molar-refractivity contribution < 1.29 is 21.9 Å². The fourth-order valence-electron chi connectivity index (χ4n) is 5.07. The Bertz CT molecular complexity index is 1750. The van der Waals surface area contributed by atoms with E-state index < -0.39 is 36.1 Å². The van der Waals surface area contributed by atoms with Crippen molar-refractivity contribution in [3.63, 3.8) is 0 Å². The summed E-state index contributed by atoms with van der Waals surface area (Å²) in [6.45, 7) is 0. The van der Waals surface area contributed by atoms with Gasteiger partial charge in [-0.2, -0.15) is 12.8 Å². The molecule has 5 N–H and O–H groups in total. The van der Waals surface area contributed by atoms with Crippen LogP contribution in [0.3, 0.4) is 0 Å². The van der Waals surface area contributed by atoms with Crippen LogP contribution in [-0.4, -0.2) is 27.7 Å². The van der Waals surface area contributed by atoms with E-state index in [0.29, 0.717) is 33.2 Å². The first kappa shape index (κ1) is 20.8. The number of sulfonamides is 2. The zero-order valence-electron chi connectivity index (χ0n) is 17.4. The Balaban J connectivity index is 1.77. The van der Waals surface area contributed by atoms with Crippen LogP contribution in [0.2, 0.25) is 0 Å². The van der Waals surface area contributed by atoms with E-state index in [9.17, 15) is 21.9 Å². The van der Waals surface area contributed by atoms with Gasteiger partial charge in [0.2, 0.25) is 10.0 Å². The maximum absolute atomic E-state index is 13.4. The van der Waals surface area contributed by atoms with Crippen LogP contribution in [-0.2, 0) is 20.0 Å². The second kappa shape index (κ2) is 6.44. The highest BCUT2D eigenvalue weighted by molar-refractivity contribution is 7.98. The number of benzene rings is 4. The number of hydrogen-bond donors (Lipinski definition) is 3. The van der Waals surface area contributed by atoms with Crippen LogP contribution in [0.25, 0.3) is 15.7 Å². The van der Waals surface area contributed by atoms with Crippen molar-refractivity contribution in [2.45, 2.75) is 4.90 Å². The van der Waals surface area contributed by atoms with Gasteiger partial charge in [-0.15, -0.1) is 0 Å². The molecule has 0 heterocycles. The molecule has 7 rings (SSSR count). The Labute approximate surface area is 195 Å². The predicted molar refractivity (Wildman–Crippen MR) is 130 cm³/mol. The lowest BCUT2D eigenvalue weighted by Crippen LogP contribution is -2.40. The molecule has 4 aromatic rings. The van der Waals surface area contributed by atoms with Crippen molar-refractivity contribution in [2.75, 3.05) is 5.73 Å². The Morgan fingerprint density at radius 2 is 1.32 bits per heavy atom. The first-order valence-electron chi connectivity index (χ1n) is 10.2. The van der Waals surface area contributed by atoms with E-state index >= 15 is 0 Å². The van der Waals surface area contributed by atoms with Gasteiger partial charge in [-0.1, -0.05) is 48.6 Å². The lowest BCUT2D eigenvalue weighted by molar-refractivity contribution is 0.350. The Hall–Kier alpha value is -3.73. The van der Waals surface area contributed by atoms with Gasteiger partial charge in [0.05, 0.1) is 10.6 Å². The molecule has 0 atom stereocenters. The van der Waals surface area contributed by atoms with Gasteiger partial charge in [-0.25, -0.2) is 13.6 Å². The van der Waals surface area contributed by atoms with Crippen molar-refractivity contribution in [1.29, 1.82) is 0 Å². The first-order chi connectivity index (χ1) is 16.0. The molecule has 0 unspecified atom stereocenters. The third-order valence-corrected chi connectivity index (χ3v) is 8.78. The standard InChI is InChI=1S/C24H17N3O5S2/c25-17-9-11-18(12-10-17)34(31,32)27-22-20-14-3-1-13(2-4-14)19(20)21(33(26,29)30)23(28)24(22)15-5-6-16(24)8-7-15/h1-12,28H,25H2,(H2,26,29,30)/b27-22+. The number of aliphatic hydroxyl groups is 1. The highest BCUT2D eigenvalue weighted by Gasteiger charge is 2.57. The Morgan fingerprint density at radius 1 is 0.794 bits per heavy atom. The molecule has 4 bridgehead atoms. The van der Waals surface area contributed by atoms with Crippen molar-refractivity contribution in [1.82, 2.24) is 0 Å². The van der Waals surface area contributed by atoms with Gasteiger partial charge < -0.3 is 10.8 Å². The summed E-state index contributed by atoms with van der Waals surface area (Å²) in [7, 11) is -8.68. The van der Waals surface area contributed by atoms with Crippen LogP contribution in [0.5, 0.6) is 0 Å². The summed E-state index contributed by atoms with van der Waals surface area (Å²) < 4.78 is 56.7. The minimum absolute atomic E-state index is 0.0189. The molecule has 0 radical (unpaired) electrons. The molecule has 3 aliphatic carbocycles. The molecule has 0 amide bonds. The molecule has 0 aliphatic heterocycles. The van der Waals surface area contributed by atoms with E-state index in [4.69, 9.17) is 10.9 Å². The first-order valence-corrected chi connectivity index (χ1v) is 13.2. The average molecular weight is 492 g/mol. The van der Waals surface area contributed by atoms with Gasteiger partial charge >= 0.3 is 0 Å². The number of aliphatic hydroxyl groups excluding tert-OH is 1. The zero-order chi connectivity index (χ0) is 24.0. The molecule has 0 saturated heterocycles. The van der Waals surface area contributed by atoms with Crippen LogP contribution in [0, 0.1) is 5.41 Å². The minimum Gasteiger partial charge on any atom is -0.509 e. The van der Waals surface area contributed by atoms with E-state index in [-0.39, 0.29) is 16.2 Å². The van der Waals surface area contributed by atoms with E-state index in [2.05, 4.69) is 4.40 Å². The van der Waals surface area contributed by atoms with Crippen LogP contribution < -0.4 is 10.9 Å². The molecule has 0 aromatic heterocycles. The summed E-state index contributed by atoms with van der Waals surface area (Å²) in [5, 5.41) is 18.2. The average Bonchev–Trinajstić information content (AvgIpc) is 3.33. The van der Waals surface area contributed by atoms with E-state index in [1.165, 1.54) is 24.3 Å². The summed E-state index contributed by atoms with van der Waals surface area (Å²) in [5.74, 6) is -0.567. The predicted octanol–water partition coefficient (Wildman–Crippen LogP) is 2.99. The van der Waals surface area contributed by atoms with Crippen LogP contribution >= 0.6 is 0 Å². The molecule has 4 aromatic carbocycles. The number of rotatable bonds is 3. The third-order valence-electron chi connectivity index (χ3n) is 6.53. The summed E-state index contributed by atoms with van der Waals surface area (Å²) in [4.78, 5) is -0.520. The molecular weight excluding hydrogens is 474 g/mol. The Kier molecular flexibility index (Phi) is 3.95.